The number of amides is 2. The van der Waals surface area contributed by atoms with Gasteiger partial charge in [0.25, 0.3) is 0 Å². The van der Waals surface area contributed by atoms with Gasteiger partial charge < -0.3 is 15.0 Å². The van der Waals surface area contributed by atoms with Crippen molar-refractivity contribution in [3.8, 4) is 5.75 Å². The van der Waals surface area contributed by atoms with Crippen LogP contribution in [0.4, 0.5) is 0 Å². The molecule has 20 heavy (non-hydrogen) atoms. The normalized spacial score (nSPS) is 11.6. The highest BCUT2D eigenvalue weighted by molar-refractivity contribution is 5.86. The van der Waals surface area contributed by atoms with Crippen LogP contribution in [0.2, 0.25) is 0 Å². The van der Waals surface area contributed by atoms with Crippen LogP contribution in [-0.2, 0) is 16.1 Å². The summed E-state index contributed by atoms with van der Waals surface area (Å²) in [5.74, 6) is 0.496. The van der Waals surface area contributed by atoms with Crippen molar-refractivity contribution in [2.45, 2.75) is 33.4 Å². The molecule has 5 nitrogen and oxygen atoms in total. The summed E-state index contributed by atoms with van der Waals surface area (Å²) in [7, 11) is 1.61. The van der Waals surface area contributed by atoms with Crippen LogP contribution in [0, 0.1) is 0 Å². The van der Waals surface area contributed by atoms with E-state index >= 15 is 0 Å². The summed E-state index contributed by atoms with van der Waals surface area (Å²) >= 11 is 0. The third-order valence-electron chi connectivity index (χ3n) is 3.11. The molecule has 0 bridgehead atoms. The van der Waals surface area contributed by atoms with Gasteiger partial charge in [0.2, 0.25) is 11.8 Å². The maximum Gasteiger partial charge on any atom is 0.242 e. The highest BCUT2D eigenvalue weighted by atomic mass is 16.5. The monoisotopic (exact) mass is 278 g/mol. The van der Waals surface area contributed by atoms with Crippen molar-refractivity contribution in [1.82, 2.24) is 10.2 Å². The number of rotatable bonds is 6. The number of benzene rings is 1. The van der Waals surface area contributed by atoms with Crippen molar-refractivity contribution in [2.24, 2.45) is 0 Å². The first kappa shape index (κ1) is 16.0. The van der Waals surface area contributed by atoms with Gasteiger partial charge >= 0.3 is 0 Å². The zero-order valence-electron chi connectivity index (χ0n) is 12.5. The predicted molar refractivity (Wildman–Crippen MR) is 77.4 cm³/mol. The molecule has 0 aliphatic heterocycles. The molecule has 1 aromatic rings. The molecule has 0 aliphatic carbocycles. The van der Waals surface area contributed by atoms with Gasteiger partial charge in [-0.15, -0.1) is 0 Å². The van der Waals surface area contributed by atoms with Crippen molar-refractivity contribution in [3.05, 3.63) is 29.8 Å². The summed E-state index contributed by atoms with van der Waals surface area (Å²) in [6.45, 7) is 6.01. The molecule has 1 N–H and O–H groups in total. The molecule has 0 radical (unpaired) electrons. The third kappa shape index (κ3) is 4.26. The van der Waals surface area contributed by atoms with Gasteiger partial charge in [-0.25, -0.2) is 0 Å². The van der Waals surface area contributed by atoms with Crippen LogP contribution in [0.1, 0.15) is 26.3 Å². The number of hydrogen-bond donors (Lipinski definition) is 1. The van der Waals surface area contributed by atoms with Gasteiger partial charge in [-0.3, -0.25) is 9.59 Å². The lowest BCUT2D eigenvalue weighted by Crippen LogP contribution is -2.46. The molecule has 110 valence electrons. The fourth-order valence-electron chi connectivity index (χ4n) is 1.91. The van der Waals surface area contributed by atoms with E-state index in [4.69, 9.17) is 4.74 Å². The molecule has 1 rings (SSSR count). The van der Waals surface area contributed by atoms with Crippen LogP contribution in [0.15, 0.2) is 24.3 Å². The molecule has 1 atom stereocenters. The van der Waals surface area contributed by atoms with Crippen LogP contribution in [0.5, 0.6) is 5.75 Å². The van der Waals surface area contributed by atoms with Crippen molar-refractivity contribution in [2.75, 3.05) is 13.7 Å². The molecule has 1 aromatic carbocycles. The summed E-state index contributed by atoms with van der Waals surface area (Å²) < 4.78 is 5.09. The lowest BCUT2D eigenvalue weighted by Gasteiger charge is -2.27. The Hall–Kier alpha value is -2.04. The van der Waals surface area contributed by atoms with Gasteiger partial charge in [-0.1, -0.05) is 12.1 Å². The van der Waals surface area contributed by atoms with E-state index in [1.54, 1.807) is 18.9 Å². The van der Waals surface area contributed by atoms with E-state index in [1.807, 2.05) is 31.2 Å². The second-order valence-corrected chi connectivity index (χ2v) is 4.57. The van der Waals surface area contributed by atoms with Gasteiger partial charge in [-0.05, 0) is 31.5 Å². The highest BCUT2D eigenvalue weighted by Gasteiger charge is 2.23. The quantitative estimate of drug-likeness (QED) is 0.859. The Kier molecular flexibility index (Phi) is 6.03. The van der Waals surface area contributed by atoms with E-state index in [0.29, 0.717) is 13.1 Å². The van der Waals surface area contributed by atoms with Gasteiger partial charge in [0.1, 0.15) is 11.8 Å². The molecule has 0 fully saturated rings. The Morgan fingerprint density at radius 3 is 2.35 bits per heavy atom. The summed E-state index contributed by atoms with van der Waals surface area (Å²) in [5, 5.41) is 2.73. The van der Waals surface area contributed by atoms with E-state index in [1.165, 1.54) is 6.92 Å². The van der Waals surface area contributed by atoms with Gasteiger partial charge in [0, 0.05) is 20.0 Å². The predicted octanol–water partition coefficient (Wildman–Crippen LogP) is 1.57. The lowest BCUT2D eigenvalue weighted by molar-refractivity contribution is -0.138. The van der Waals surface area contributed by atoms with Crippen molar-refractivity contribution in [1.29, 1.82) is 0 Å². The average Bonchev–Trinajstić information content (AvgIpc) is 2.44. The Labute approximate surface area is 119 Å². The molecular formula is C15H22N2O3. The standard InChI is InChI=1S/C15H22N2O3/c1-5-16-15(19)11(2)17(12(3)18)10-13-6-8-14(20-4)9-7-13/h6-9,11H,5,10H2,1-4H3,(H,16,19). The third-order valence-corrected chi connectivity index (χ3v) is 3.11. The Balaban J connectivity index is 2.80. The van der Waals surface area contributed by atoms with Crippen molar-refractivity contribution in [3.63, 3.8) is 0 Å². The first-order valence-corrected chi connectivity index (χ1v) is 6.67. The summed E-state index contributed by atoms with van der Waals surface area (Å²) in [6, 6.07) is 6.96. The summed E-state index contributed by atoms with van der Waals surface area (Å²) in [5.41, 5.74) is 0.956. The molecule has 2 amide bonds. The van der Waals surface area contributed by atoms with E-state index in [-0.39, 0.29) is 11.8 Å². The SMILES string of the molecule is CCNC(=O)C(C)N(Cc1ccc(OC)cc1)C(C)=O. The minimum Gasteiger partial charge on any atom is -0.497 e. The Bertz CT molecular complexity index is 457. The molecule has 1 unspecified atom stereocenters. The molecule has 0 heterocycles. The molecule has 5 heteroatoms. The van der Waals surface area contributed by atoms with E-state index in [2.05, 4.69) is 5.32 Å². The summed E-state index contributed by atoms with van der Waals surface area (Å²) in [6.07, 6.45) is 0. The van der Waals surface area contributed by atoms with E-state index in [9.17, 15) is 9.59 Å². The smallest absolute Gasteiger partial charge is 0.242 e. The largest absolute Gasteiger partial charge is 0.497 e. The fraction of sp³-hybridized carbons (Fsp3) is 0.467. The molecule has 0 saturated carbocycles. The van der Waals surface area contributed by atoms with Gasteiger partial charge in [0.05, 0.1) is 7.11 Å². The number of methoxy groups -OCH3 is 1. The average molecular weight is 278 g/mol. The topological polar surface area (TPSA) is 58.6 Å². The summed E-state index contributed by atoms with van der Waals surface area (Å²) in [4.78, 5) is 25.1. The minimum atomic E-state index is -0.491. The maximum absolute atomic E-state index is 11.9. The number of likely N-dealkylation sites (N-methyl/N-ethyl adjacent to an activating group) is 1. The Morgan fingerprint density at radius 2 is 1.90 bits per heavy atom. The molecular weight excluding hydrogens is 256 g/mol. The van der Waals surface area contributed by atoms with E-state index in [0.717, 1.165) is 11.3 Å². The van der Waals surface area contributed by atoms with E-state index < -0.39 is 6.04 Å². The van der Waals surface area contributed by atoms with Crippen LogP contribution < -0.4 is 10.1 Å². The van der Waals surface area contributed by atoms with Crippen LogP contribution >= 0.6 is 0 Å². The van der Waals surface area contributed by atoms with Crippen LogP contribution in [0.25, 0.3) is 0 Å². The Morgan fingerprint density at radius 1 is 1.30 bits per heavy atom. The maximum atomic E-state index is 11.9. The fourth-order valence-corrected chi connectivity index (χ4v) is 1.91. The number of ether oxygens (including phenoxy) is 1. The lowest BCUT2D eigenvalue weighted by atomic mass is 10.1. The molecule has 0 spiro atoms. The number of nitrogens with zero attached hydrogens (tertiary/aromatic N) is 1. The minimum absolute atomic E-state index is 0.125. The van der Waals surface area contributed by atoms with Gasteiger partial charge in [0.15, 0.2) is 0 Å². The molecule has 0 aliphatic rings. The first-order chi connectivity index (χ1) is 9.49. The second kappa shape index (κ2) is 7.53. The number of hydrogen-bond acceptors (Lipinski definition) is 3. The second-order valence-electron chi connectivity index (χ2n) is 4.57. The number of nitrogens with one attached hydrogen (secondary N) is 1. The van der Waals surface area contributed by atoms with Crippen LogP contribution in [-0.4, -0.2) is 36.4 Å². The number of carbonyl (C=O) groups excluding carboxylic acids is 2. The number of carbonyl (C=O) groups is 2. The van der Waals surface area contributed by atoms with Gasteiger partial charge in [-0.2, -0.15) is 0 Å². The zero-order valence-corrected chi connectivity index (χ0v) is 12.5. The highest BCUT2D eigenvalue weighted by Crippen LogP contribution is 2.14. The zero-order chi connectivity index (χ0) is 15.1. The molecule has 0 aromatic heterocycles. The van der Waals surface area contributed by atoms with Crippen LogP contribution in [0.3, 0.4) is 0 Å². The van der Waals surface area contributed by atoms with Crippen molar-refractivity contribution < 1.29 is 14.3 Å². The molecule has 0 saturated heterocycles. The van der Waals surface area contributed by atoms with Crippen molar-refractivity contribution >= 4 is 11.8 Å². The first-order valence-electron chi connectivity index (χ1n) is 6.67.